The predicted molar refractivity (Wildman–Crippen MR) is 80.9 cm³/mol. The van der Waals surface area contributed by atoms with E-state index in [1.54, 1.807) is 13.2 Å². The zero-order valence-corrected chi connectivity index (χ0v) is 13.0. The summed E-state index contributed by atoms with van der Waals surface area (Å²) in [5.41, 5.74) is 7.27. The van der Waals surface area contributed by atoms with Gasteiger partial charge >= 0.3 is 0 Å². The Kier molecular flexibility index (Phi) is 3.37. The van der Waals surface area contributed by atoms with Crippen LogP contribution in [0.1, 0.15) is 26.3 Å². The molecule has 7 heteroatoms. The van der Waals surface area contributed by atoms with Crippen molar-refractivity contribution >= 4 is 17.3 Å². The third kappa shape index (κ3) is 2.10. The lowest BCUT2D eigenvalue weighted by molar-refractivity contribution is -0.116. The molecule has 1 saturated carbocycles. The second kappa shape index (κ2) is 4.96. The van der Waals surface area contributed by atoms with Crippen molar-refractivity contribution in [2.24, 2.45) is 5.41 Å². The molecule has 2 unspecified atom stereocenters. The van der Waals surface area contributed by atoms with Crippen molar-refractivity contribution in [2.45, 2.75) is 32.4 Å². The van der Waals surface area contributed by atoms with Gasteiger partial charge in [-0.15, -0.1) is 5.10 Å². The molecule has 21 heavy (non-hydrogen) atoms. The summed E-state index contributed by atoms with van der Waals surface area (Å²) < 4.78 is 7.32. The van der Waals surface area contributed by atoms with E-state index in [0.29, 0.717) is 16.5 Å². The van der Waals surface area contributed by atoms with Crippen molar-refractivity contribution in [2.75, 3.05) is 12.8 Å². The average molecular weight is 308 g/mol. The predicted octanol–water partition coefficient (Wildman–Crippen LogP) is 2.56. The van der Waals surface area contributed by atoms with Gasteiger partial charge in [0.1, 0.15) is 0 Å². The molecule has 1 aromatic heterocycles. The summed E-state index contributed by atoms with van der Waals surface area (Å²) in [6, 6.07) is 5.65. The third-order valence-electron chi connectivity index (χ3n) is 4.49. The number of hydrogen-bond donors (Lipinski definition) is 1. The molecule has 112 valence electrons. The molecule has 0 amide bonds. The van der Waals surface area contributed by atoms with Crippen LogP contribution in [0.5, 0.6) is 0 Å². The zero-order chi connectivity index (χ0) is 15.2. The summed E-state index contributed by atoms with van der Waals surface area (Å²) in [7, 11) is 1.73. The number of halogens is 1. The van der Waals surface area contributed by atoms with Gasteiger partial charge in [-0.05, 0) is 29.0 Å². The number of hydrogen-bond acceptors (Lipinski definition) is 5. The van der Waals surface area contributed by atoms with Gasteiger partial charge in [-0.1, -0.05) is 31.5 Å². The number of benzene rings is 1. The second-order valence-electron chi connectivity index (χ2n) is 5.95. The summed E-state index contributed by atoms with van der Waals surface area (Å²) in [6.07, 6.45) is 1.08. The van der Waals surface area contributed by atoms with Crippen molar-refractivity contribution in [1.82, 2.24) is 20.2 Å². The fourth-order valence-electron chi connectivity index (χ4n) is 2.99. The normalized spacial score (nSPS) is 23.8. The lowest BCUT2D eigenvalue weighted by Crippen LogP contribution is -2.51. The van der Waals surface area contributed by atoms with Crippen LogP contribution in [0.4, 0.5) is 5.69 Å². The SMILES string of the molecule is COC1CC(n2nnnc2-c2cccc(Cl)c2N)C1(C)C. The summed E-state index contributed by atoms with van der Waals surface area (Å²) >= 11 is 6.09. The fourth-order valence-corrected chi connectivity index (χ4v) is 3.17. The second-order valence-corrected chi connectivity index (χ2v) is 6.35. The molecule has 0 saturated heterocycles. The highest BCUT2D eigenvalue weighted by molar-refractivity contribution is 6.33. The molecular formula is C14H18ClN5O. The summed E-state index contributed by atoms with van der Waals surface area (Å²) in [6.45, 7) is 4.31. The summed E-state index contributed by atoms with van der Waals surface area (Å²) in [5.74, 6) is 0.641. The minimum Gasteiger partial charge on any atom is -0.397 e. The van der Waals surface area contributed by atoms with Gasteiger partial charge in [-0.25, -0.2) is 4.68 Å². The maximum Gasteiger partial charge on any atom is 0.184 e. The number of nitrogens with zero attached hydrogens (tertiary/aromatic N) is 4. The molecule has 0 spiro atoms. The van der Waals surface area contributed by atoms with Gasteiger partial charge in [0.25, 0.3) is 0 Å². The highest BCUT2D eigenvalue weighted by Gasteiger charge is 2.51. The molecule has 0 bridgehead atoms. The molecule has 6 nitrogen and oxygen atoms in total. The lowest BCUT2D eigenvalue weighted by Gasteiger charge is -2.50. The molecule has 1 aliphatic rings. The van der Waals surface area contributed by atoms with E-state index >= 15 is 0 Å². The Morgan fingerprint density at radius 1 is 1.43 bits per heavy atom. The van der Waals surface area contributed by atoms with Crippen LogP contribution in [0.2, 0.25) is 5.02 Å². The van der Waals surface area contributed by atoms with Gasteiger partial charge < -0.3 is 10.5 Å². The highest BCUT2D eigenvalue weighted by atomic mass is 35.5. The topological polar surface area (TPSA) is 78.8 Å². The van der Waals surface area contributed by atoms with Crippen LogP contribution in [0, 0.1) is 5.41 Å². The Morgan fingerprint density at radius 3 is 2.86 bits per heavy atom. The number of methoxy groups -OCH3 is 1. The van der Waals surface area contributed by atoms with Gasteiger partial charge in [0.15, 0.2) is 5.82 Å². The Morgan fingerprint density at radius 2 is 2.19 bits per heavy atom. The van der Waals surface area contributed by atoms with Crippen LogP contribution in [-0.2, 0) is 4.74 Å². The largest absolute Gasteiger partial charge is 0.397 e. The van der Waals surface area contributed by atoms with E-state index in [2.05, 4.69) is 29.4 Å². The smallest absolute Gasteiger partial charge is 0.184 e. The van der Waals surface area contributed by atoms with Crippen molar-refractivity contribution in [3.63, 3.8) is 0 Å². The van der Waals surface area contributed by atoms with Crippen molar-refractivity contribution in [3.05, 3.63) is 23.2 Å². The highest BCUT2D eigenvalue weighted by Crippen LogP contribution is 2.51. The van der Waals surface area contributed by atoms with Crippen LogP contribution in [-0.4, -0.2) is 33.4 Å². The monoisotopic (exact) mass is 307 g/mol. The molecule has 1 heterocycles. The van der Waals surface area contributed by atoms with Crippen LogP contribution >= 0.6 is 11.6 Å². The number of tetrazole rings is 1. The van der Waals surface area contributed by atoms with Gasteiger partial charge in [0, 0.05) is 18.1 Å². The lowest BCUT2D eigenvalue weighted by atomic mass is 9.64. The molecule has 0 aliphatic heterocycles. The minimum atomic E-state index is -0.0355. The van der Waals surface area contributed by atoms with E-state index in [1.807, 2.05) is 16.8 Å². The molecule has 3 rings (SSSR count). The number of ether oxygens (including phenoxy) is 1. The van der Waals surface area contributed by atoms with E-state index in [-0.39, 0.29) is 17.6 Å². The number of rotatable bonds is 3. The standard InChI is InChI=1S/C14H18ClN5O/c1-14(2)10(7-11(14)21-3)20-13(17-18-19-20)8-5-4-6-9(15)12(8)16/h4-6,10-11H,7,16H2,1-3H3. The maximum atomic E-state index is 6.09. The van der Waals surface area contributed by atoms with Gasteiger partial charge in [0.05, 0.1) is 22.9 Å². The first-order valence-corrected chi connectivity index (χ1v) is 7.19. The van der Waals surface area contributed by atoms with Crippen LogP contribution in [0.3, 0.4) is 0 Å². The van der Waals surface area contributed by atoms with Gasteiger partial charge in [0.2, 0.25) is 0 Å². The maximum absolute atomic E-state index is 6.09. The Bertz CT molecular complexity index is 669. The zero-order valence-electron chi connectivity index (χ0n) is 12.2. The van der Waals surface area contributed by atoms with Crippen LogP contribution < -0.4 is 5.73 Å². The molecular weight excluding hydrogens is 290 g/mol. The summed E-state index contributed by atoms with van der Waals surface area (Å²) in [4.78, 5) is 0. The van der Waals surface area contributed by atoms with Crippen LogP contribution in [0.25, 0.3) is 11.4 Å². The fraction of sp³-hybridized carbons (Fsp3) is 0.500. The molecule has 1 fully saturated rings. The quantitative estimate of drug-likeness (QED) is 0.882. The van der Waals surface area contributed by atoms with Crippen molar-refractivity contribution in [1.29, 1.82) is 0 Å². The molecule has 1 aromatic carbocycles. The third-order valence-corrected chi connectivity index (χ3v) is 4.82. The Balaban J connectivity index is 2.01. The first kappa shape index (κ1) is 14.3. The number of anilines is 1. The first-order chi connectivity index (χ1) is 9.96. The average Bonchev–Trinajstić information content (AvgIpc) is 2.90. The van der Waals surface area contributed by atoms with Crippen LogP contribution in [0.15, 0.2) is 18.2 Å². The van der Waals surface area contributed by atoms with Gasteiger partial charge in [-0.3, -0.25) is 0 Å². The Labute approximate surface area is 128 Å². The molecule has 2 N–H and O–H groups in total. The summed E-state index contributed by atoms with van der Waals surface area (Å²) in [5, 5.41) is 12.6. The van der Waals surface area contributed by atoms with Crippen molar-refractivity contribution in [3.8, 4) is 11.4 Å². The molecule has 1 aliphatic carbocycles. The van der Waals surface area contributed by atoms with E-state index in [1.165, 1.54) is 0 Å². The van der Waals surface area contributed by atoms with E-state index in [9.17, 15) is 0 Å². The van der Waals surface area contributed by atoms with Gasteiger partial charge in [-0.2, -0.15) is 0 Å². The number of nitrogen functional groups attached to an aromatic ring is 1. The first-order valence-electron chi connectivity index (χ1n) is 6.81. The minimum absolute atomic E-state index is 0.0355. The molecule has 0 radical (unpaired) electrons. The van der Waals surface area contributed by atoms with Crippen molar-refractivity contribution < 1.29 is 4.74 Å². The number of nitrogens with two attached hydrogens (primary N) is 1. The number of aromatic nitrogens is 4. The number of para-hydroxylation sites is 1. The Hall–Kier alpha value is -1.66. The molecule has 2 aromatic rings. The van der Waals surface area contributed by atoms with E-state index < -0.39 is 0 Å². The van der Waals surface area contributed by atoms with E-state index in [4.69, 9.17) is 22.1 Å². The van der Waals surface area contributed by atoms with E-state index in [0.717, 1.165) is 12.0 Å². The molecule has 2 atom stereocenters.